The Morgan fingerprint density at radius 3 is 2.46 bits per heavy atom. The number of aryl methyl sites for hydroxylation is 1. The molecule has 2 aromatic rings. The molecule has 26 heavy (non-hydrogen) atoms. The van der Waals surface area contributed by atoms with Crippen molar-refractivity contribution in [1.29, 1.82) is 0 Å². The Balaban J connectivity index is 1.51. The van der Waals surface area contributed by atoms with E-state index in [0.29, 0.717) is 30.3 Å². The molecule has 0 amide bonds. The van der Waals surface area contributed by atoms with Gasteiger partial charge >= 0.3 is 0 Å². The van der Waals surface area contributed by atoms with E-state index in [2.05, 4.69) is 14.9 Å². The molecule has 3 saturated heterocycles. The average molecular weight is 374 g/mol. The topological polar surface area (TPSA) is 75.6 Å². The highest BCUT2D eigenvalue weighted by molar-refractivity contribution is 7.89. The number of fused-ring (bicyclic) bond motifs is 2. The fourth-order valence-electron chi connectivity index (χ4n) is 3.76. The van der Waals surface area contributed by atoms with Gasteiger partial charge in [-0.05, 0) is 44.5 Å². The predicted octanol–water partition coefficient (Wildman–Crippen LogP) is 1.84. The van der Waals surface area contributed by atoms with Gasteiger partial charge in [0.2, 0.25) is 10.0 Å². The highest BCUT2D eigenvalue weighted by Crippen LogP contribution is 2.38. The van der Waals surface area contributed by atoms with Crippen molar-refractivity contribution in [3.63, 3.8) is 0 Å². The normalized spacial score (nSPS) is 22.8. The van der Waals surface area contributed by atoms with Crippen molar-refractivity contribution >= 4 is 15.8 Å². The van der Waals surface area contributed by atoms with E-state index in [1.165, 1.54) is 0 Å². The number of hydrogen-bond donors (Lipinski definition) is 0. The fourth-order valence-corrected chi connectivity index (χ4v) is 5.58. The van der Waals surface area contributed by atoms with Crippen molar-refractivity contribution in [3.8, 4) is 5.75 Å². The molecule has 3 fully saturated rings. The second-order valence-electron chi connectivity index (χ2n) is 6.71. The van der Waals surface area contributed by atoms with Crippen LogP contribution in [0.2, 0.25) is 0 Å². The summed E-state index contributed by atoms with van der Waals surface area (Å²) < 4.78 is 33.1. The first-order chi connectivity index (χ1) is 12.5. The molecule has 138 valence electrons. The van der Waals surface area contributed by atoms with Gasteiger partial charge < -0.3 is 9.64 Å². The molecule has 8 heteroatoms. The van der Waals surface area contributed by atoms with Gasteiger partial charge in [-0.15, -0.1) is 0 Å². The van der Waals surface area contributed by atoms with Crippen LogP contribution < -0.4 is 9.64 Å². The first-order valence-corrected chi connectivity index (χ1v) is 10.2. The predicted molar refractivity (Wildman–Crippen MR) is 97.8 cm³/mol. The van der Waals surface area contributed by atoms with E-state index >= 15 is 0 Å². The minimum absolute atomic E-state index is 0.0133. The molecule has 0 saturated carbocycles. The van der Waals surface area contributed by atoms with Gasteiger partial charge in [0, 0.05) is 36.9 Å². The fraction of sp³-hybridized carbons (Fsp3) is 0.444. The molecule has 1 aromatic heterocycles. The molecule has 3 aliphatic heterocycles. The van der Waals surface area contributed by atoms with Crippen molar-refractivity contribution < 1.29 is 13.2 Å². The van der Waals surface area contributed by atoms with Gasteiger partial charge in [-0.3, -0.25) is 0 Å². The second kappa shape index (κ2) is 6.51. The van der Waals surface area contributed by atoms with Gasteiger partial charge in [0.25, 0.3) is 0 Å². The molecule has 5 rings (SSSR count). The largest absolute Gasteiger partial charge is 0.494 e. The summed E-state index contributed by atoms with van der Waals surface area (Å²) in [6.45, 7) is 5.70. The van der Waals surface area contributed by atoms with Crippen LogP contribution in [0.4, 0.5) is 5.82 Å². The minimum atomic E-state index is -3.49. The van der Waals surface area contributed by atoms with Gasteiger partial charge in [0.1, 0.15) is 17.9 Å². The molecule has 0 radical (unpaired) electrons. The van der Waals surface area contributed by atoms with Crippen molar-refractivity contribution in [2.24, 2.45) is 0 Å². The number of ether oxygens (including phenoxy) is 1. The molecule has 2 atom stereocenters. The third kappa shape index (κ3) is 2.93. The summed E-state index contributed by atoms with van der Waals surface area (Å²) in [5.41, 5.74) is 0.910. The van der Waals surface area contributed by atoms with E-state index in [0.717, 1.165) is 17.9 Å². The number of piperazine rings is 1. The van der Waals surface area contributed by atoms with Crippen molar-refractivity contribution in [2.45, 2.75) is 37.2 Å². The third-order valence-electron chi connectivity index (χ3n) is 4.95. The Hall–Kier alpha value is -2.19. The van der Waals surface area contributed by atoms with Crippen LogP contribution in [0.3, 0.4) is 0 Å². The van der Waals surface area contributed by atoms with Gasteiger partial charge in [-0.2, -0.15) is 4.31 Å². The van der Waals surface area contributed by atoms with Crippen molar-refractivity contribution in [3.05, 3.63) is 42.4 Å². The zero-order valence-corrected chi connectivity index (χ0v) is 15.7. The van der Waals surface area contributed by atoms with Gasteiger partial charge in [-0.25, -0.2) is 18.4 Å². The molecular weight excluding hydrogens is 352 g/mol. The molecular formula is C18H22N4O3S. The van der Waals surface area contributed by atoms with E-state index in [1.807, 2.05) is 19.9 Å². The third-order valence-corrected chi connectivity index (χ3v) is 6.97. The Morgan fingerprint density at radius 1 is 1.15 bits per heavy atom. The summed E-state index contributed by atoms with van der Waals surface area (Å²) in [5.74, 6) is 1.55. The quantitative estimate of drug-likeness (QED) is 0.795. The van der Waals surface area contributed by atoms with Gasteiger partial charge in [0.05, 0.1) is 11.5 Å². The summed E-state index contributed by atoms with van der Waals surface area (Å²) >= 11 is 0. The van der Waals surface area contributed by atoms with Crippen LogP contribution in [0.15, 0.2) is 41.6 Å². The Kier molecular flexibility index (Phi) is 4.32. The number of anilines is 1. The van der Waals surface area contributed by atoms with Crippen LogP contribution in [-0.4, -0.2) is 54.5 Å². The zero-order chi connectivity index (χ0) is 18.3. The van der Waals surface area contributed by atoms with Crippen LogP contribution in [0.5, 0.6) is 5.75 Å². The van der Waals surface area contributed by atoms with Crippen LogP contribution >= 0.6 is 0 Å². The number of piperidine rings is 1. The van der Waals surface area contributed by atoms with Gasteiger partial charge in [0.15, 0.2) is 0 Å². The molecule has 1 aromatic carbocycles. The monoisotopic (exact) mass is 374 g/mol. The van der Waals surface area contributed by atoms with Crippen molar-refractivity contribution in [1.82, 2.24) is 14.3 Å². The van der Waals surface area contributed by atoms with Crippen molar-refractivity contribution in [2.75, 3.05) is 24.6 Å². The van der Waals surface area contributed by atoms with Crippen LogP contribution in [0, 0.1) is 6.92 Å². The molecule has 4 heterocycles. The molecule has 2 bridgehead atoms. The molecule has 0 N–H and O–H groups in total. The number of rotatable bonds is 5. The summed E-state index contributed by atoms with van der Waals surface area (Å²) in [6, 6.07) is 8.58. The van der Waals surface area contributed by atoms with E-state index in [4.69, 9.17) is 4.74 Å². The highest BCUT2D eigenvalue weighted by atomic mass is 32.2. The van der Waals surface area contributed by atoms with E-state index in [-0.39, 0.29) is 12.1 Å². The maximum Gasteiger partial charge on any atom is 0.243 e. The van der Waals surface area contributed by atoms with Crippen LogP contribution in [0.25, 0.3) is 0 Å². The zero-order valence-electron chi connectivity index (χ0n) is 14.9. The summed E-state index contributed by atoms with van der Waals surface area (Å²) in [7, 11) is -3.49. The lowest BCUT2D eigenvalue weighted by Crippen LogP contribution is -2.70. The summed E-state index contributed by atoms with van der Waals surface area (Å²) in [5, 5.41) is 0. The number of aromatic nitrogens is 2. The van der Waals surface area contributed by atoms with Gasteiger partial charge in [-0.1, -0.05) is 0 Å². The van der Waals surface area contributed by atoms with E-state index in [9.17, 15) is 8.42 Å². The molecule has 7 nitrogen and oxygen atoms in total. The number of benzene rings is 1. The van der Waals surface area contributed by atoms with E-state index in [1.54, 1.807) is 34.9 Å². The minimum Gasteiger partial charge on any atom is -0.494 e. The molecule has 0 aliphatic carbocycles. The summed E-state index contributed by atoms with van der Waals surface area (Å²) in [6.07, 6.45) is 2.45. The SMILES string of the molecule is CCOc1ccc(S(=O)(=O)N2C3CC2CN(c2cc(C)ncn2)C3)cc1. The lowest BCUT2D eigenvalue weighted by molar-refractivity contribution is 0.0874. The second-order valence-corrected chi connectivity index (χ2v) is 8.55. The average Bonchev–Trinajstić information content (AvgIpc) is 2.62. The lowest BCUT2D eigenvalue weighted by atomic mass is 9.91. The van der Waals surface area contributed by atoms with Crippen LogP contribution in [0.1, 0.15) is 19.0 Å². The molecule has 2 unspecified atom stereocenters. The molecule has 3 aliphatic rings. The Morgan fingerprint density at radius 2 is 1.85 bits per heavy atom. The van der Waals surface area contributed by atoms with Crippen LogP contribution in [-0.2, 0) is 10.0 Å². The maximum atomic E-state index is 13.0. The summed E-state index contributed by atoms with van der Waals surface area (Å²) in [4.78, 5) is 10.9. The van der Waals surface area contributed by atoms with E-state index < -0.39 is 10.0 Å². The number of hydrogen-bond acceptors (Lipinski definition) is 6. The molecule has 0 spiro atoms. The highest BCUT2D eigenvalue weighted by Gasteiger charge is 2.51. The maximum absolute atomic E-state index is 13.0. The standard InChI is InChI=1S/C18H22N4O3S/c1-3-25-16-4-6-17(7-5-16)26(23,24)22-14-9-15(22)11-21(10-14)18-8-13(2)19-12-20-18/h4-8,12,14-15H,3,9-11H2,1-2H3. The number of nitrogens with zero attached hydrogens (tertiary/aromatic N) is 4. The lowest BCUT2D eigenvalue weighted by Gasteiger charge is -2.55. The Bertz CT molecular complexity index is 889. The first kappa shape index (κ1) is 17.2. The first-order valence-electron chi connectivity index (χ1n) is 8.79. The number of sulfonamides is 1. The Labute approximate surface area is 153 Å². The smallest absolute Gasteiger partial charge is 0.243 e.